The van der Waals surface area contributed by atoms with Crippen LogP contribution < -0.4 is 4.74 Å². The molecule has 140 valence electrons. The van der Waals surface area contributed by atoms with Crippen molar-refractivity contribution in [1.82, 2.24) is 0 Å². The summed E-state index contributed by atoms with van der Waals surface area (Å²) in [6.07, 6.45) is 3.28. The van der Waals surface area contributed by atoms with Gasteiger partial charge in [0, 0.05) is 12.5 Å². The van der Waals surface area contributed by atoms with E-state index in [1.54, 1.807) is 50.3 Å². The first-order valence-electron chi connectivity index (χ1n) is 7.88. The maximum Gasteiger partial charge on any atom is 0.308 e. The molecule has 8 heteroatoms. The van der Waals surface area contributed by atoms with Gasteiger partial charge in [0.25, 0.3) is 0 Å². The lowest BCUT2D eigenvalue weighted by atomic mass is 9.94. The minimum Gasteiger partial charge on any atom is -0.480 e. The van der Waals surface area contributed by atoms with Crippen LogP contribution in [-0.2, 0) is 9.53 Å². The van der Waals surface area contributed by atoms with E-state index in [0.29, 0.717) is 11.1 Å². The lowest BCUT2D eigenvalue weighted by molar-refractivity contribution is -0.131. The molecule has 1 aliphatic rings. The molecule has 1 aromatic carbocycles. The van der Waals surface area contributed by atoms with E-state index < -0.39 is 11.6 Å². The number of carbonyl (C=O) groups excluding carboxylic acids is 1. The van der Waals surface area contributed by atoms with E-state index in [0.717, 1.165) is 0 Å². The predicted molar refractivity (Wildman–Crippen MR) is 103 cm³/mol. The highest BCUT2D eigenvalue weighted by atomic mass is 35.5. The molecule has 0 fully saturated rings. The van der Waals surface area contributed by atoms with Gasteiger partial charge in [0.1, 0.15) is 29.4 Å². The molecule has 0 radical (unpaired) electrons. The Balaban J connectivity index is 2.53. The van der Waals surface area contributed by atoms with Gasteiger partial charge >= 0.3 is 5.97 Å². The Kier molecular flexibility index (Phi) is 6.16. The third-order valence-corrected chi connectivity index (χ3v) is 4.34. The standard InChI is InChI=1S/C20H13Cl2N3O3/c1-11(26)27-19-16(21)6-12(7-17(19)22)4-5-15-14(10-25)18(13(8-23)9-24)28-20(15,2)3/h4-7H,1-3H3/b5-4+. The molecule has 0 saturated heterocycles. The van der Waals surface area contributed by atoms with Gasteiger partial charge in [-0.05, 0) is 31.5 Å². The van der Waals surface area contributed by atoms with Crippen molar-refractivity contribution >= 4 is 35.2 Å². The van der Waals surface area contributed by atoms with E-state index in [9.17, 15) is 10.1 Å². The van der Waals surface area contributed by atoms with Gasteiger partial charge in [-0.25, -0.2) is 0 Å². The molecule has 6 nitrogen and oxygen atoms in total. The van der Waals surface area contributed by atoms with Gasteiger partial charge in [-0.1, -0.05) is 35.4 Å². The first kappa shape index (κ1) is 21.1. The van der Waals surface area contributed by atoms with Gasteiger partial charge in [0.2, 0.25) is 0 Å². The van der Waals surface area contributed by atoms with Crippen LogP contribution in [0.5, 0.6) is 5.75 Å². The molecule has 1 heterocycles. The molecule has 1 aromatic rings. The average molecular weight is 414 g/mol. The molecule has 1 aliphatic heterocycles. The largest absolute Gasteiger partial charge is 0.480 e. The van der Waals surface area contributed by atoms with Crippen LogP contribution in [0.4, 0.5) is 0 Å². The van der Waals surface area contributed by atoms with Crippen LogP contribution in [0.1, 0.15) is 26.3 Å². The third-order valence-electron chi connectivity index (χ3n) is 3.77. The molecular formula is C20H13Cl2N3O3. The number of hydrogen-bond acceptors (Lipinski definition) is 6. The summed E-state index contributed by atoms with van der Waals surface area (Å²) in [7, 11) is 0. The highest BCUT2D eigenvalue weighted by Gasteiger charge is 2.38. The molecular weight excluding hydrogens is 401 g/mol. The Morgan fingerprint density at radius 3 is 2.18 bits per heavy atom. The Hall–Kier alpha value is -3.24. The fourth-order valence-electron chi connectivity index (χ4n) is 2.58. The molecule has 0 unspecified atom stereocenters. The quantitative estimate of drug-likeness (QED) is 0.397. The topological polar surface area (TPSA) is 107 Å². The SMILES string of the molecule is CC(=O)Oc1c(Cl)cc(/C=C/C2=C(C#N)C(=C(C#N)C#N)OC2(C)C)cc1Cl. The number of halogens is 2. The van der Waals surface area contributed by atoms with Crippen molar-refractivity contribution in [2.45, 2.75) is 26.4 Å². The summed E-state index contributed by atoms with van der Waals surface area (Å²) >= 11 is 12.2. The minimum absolute atomic E-state index is 0.0431. The summed E-state index contributed by atoms with van der Waals surface area (Å²) in [6.45, 7) is 4.67. The maximum atomic E-state index is 11.1. The van der Waals surface area contributed by atoms with Gasteiger partial charge in [-0.3, -0.25) is 4.79 Å². The zero-order valence-corrected chi connectivity index (χ0v) is 16.6. The molecule has 0 saturated carbocycles. The molecule has 2 rings (SSSR count). The number of benzene rings is 1. The van der Waals surface area contributed by atoms with Crippen LogP contribution in [0.2, 0.25) is 10.0 Å². The number of hydrogen-bond donors (Lipinski definition) is 0. The lowest BCUT2D eigenvalue weighted by Gasteiger charge is -2.20. The van der Waals surface area contributed by atoms with Crippen LogP contribution in [0.25, 0.3) is 6.08 Å². The van der Waals surface area contributed by atoms with E-state index in [2.05, 4.69) is 0 Å². The molecule has 0 N–H and O–H groups in total. The normalized spacial score (nSPS) is 14.9. The van der Waals surface area contributed by atoms with Crippen molar-refractivity contribution in [2.75, 3.05) is 0 Å². The summed E-state index contributed by atoms with van der Waals surface area (Å²) < 4.78 is 10.7. The van der Waals surface area contributed by atoms with Crippen molar-refractivity contribution in [3.63, 3.8) is 0 Å². The summed E-state index contributed by atoms with van der Waals surface area (Å²) in [5.41, 5.74) is -0.0202. The first-order valence-corrected chi connectivity index (χ1v) is 8.64. The van der Waals surface area contributed by atoms with E-state index >= 15 is 0 Å². The highest BCUT2D eigenvalue weighted by molar-refractivity contribution is 6.37. The van der Waals surface area contributed by atoms with Crippen molar-refractivity contribution in [3.8, 4) is 24.0 Å². The van der Waals surface area contributed by atoms with E-state index in [1.807, 2.05) is 6.07 Å². The molecule has 0 amide bonds. The van der Waals surface area contributed by atoms with E-state index in [4.69, 9.17) is 43.2 Å². The molecule has 0 atom stereocenters. The van der Waals surface area contributed by atoms with Crippen molar-refractivity contribution in [1.29, 1.82) is 15.8 Å². The molecule has 0 bridgehead atoms. The van der Waals surface area contributed by atoms with Gasteiger partial charge < -0.3 is 9.47 Å². The van der Waals surface area contributed by atoms with Crippen LogP contribution in [0.15, 0.2) is 40.7 Å². The first-order chi connectivity index (χ1) is 13.1. The van der Waals surface area contributed by atoms with Crippen LogP contribution in [0, 0.1) is 34.0 Å². The molecule has 0 aliphatic carbocycles. The second-order valence-corrected chi connectivity index (χ2v) is 7.00. The number of allylic oxidation sites excluding steroid dienone is 2. The van der Waals surface area contributed by atoms with Gasteiger partial charge in [0.15, 0.2) is 17.1 Å². The van der Waals surface area contributed by atoms with Crippen LogP contribution in [-0.4, -0.2) is 11.6 Å². The van der Waals surface area contributed by atoms with Gasteiger partial charge in [-0.2, -0.15) is 15.8 Å². The number of rotatable bonds is 3. The van der Waals surface area contributed by atoms with Crippen LogP contribution in [0.3, 0.4) is 0 Å². The maximum absolute atomic E-state index is 11.1. The Morgan fingerprint density at radius 2 is 1.71 bits per heavy atom. The van der Waals surface area contributed by atoms with Crippen LogP contribution >= 0.6 is 23.2 Å². The number of nitriles is 3. The van der Waals surface area contributed by atoms with Gasteiger partial charge in [-0.15, -0.1) is 0 Å². The fourth-order valence-corrected chi connectivity index (χ4v) is 3.16. The zero-order valence-electron chi connectivity index (χ0n) is 15.1. The summed E-state index contributed by atoms with van der Waals surface area (Å²) in [5.74, 6) is -0.531. The smallest absolute Gasteiger partial charge is 0.308 e. The molecule has 28 heavy (non-hydrogen) atoms. The monoisotopic (exact) mass is 413 g/mol. The number of carbonyl (C=O) groups is 1. The Morgan fingerprint density at radius 1 is 1.14 bits per heavy atom. The third kappa shape index (κ3) is 4.18. The number of ether oxygens (including phenoxy) is 2. The van der Waals surface area contributed by atoms with Gasteiger partial charge in [0.05, 0.1) is 10.0 Å². The second-order valence-electron chi connectivity index (χ2n) is 6.18. The summed E-state index contributed by atoms with van der Waals surface area (Å²) in [5, 5.41) is 28.0. The van der Waals surface area contributed by atoms with E-state index in [-0.39, 0.29) is 32.7 Å². The Labute approximate surface area is 172 Å². The predicted octanol–water partition coefficient (Wildman–Crippen LogP) is 4.86. The summed E-state index contributed by atoms with van der Waals surface area (Å²) in [6, 6.07) is 8.55. The van der Waals surface area contributed by atoms with Crippen molar-refractivity contribution < 1.29 is 14.3 Å². The van der Waals surface area contributed by atoms with Crippen molar-refractivity contribution in [3.05, 3.63) is 56.3 Å². The molecule has 0 aromatic heterocycles. The second kappa shape index (κ2) is 8.19. The van der Waals surface area contributed by atoms with E-state index in [1.165, 1.54) is 6.92 Å². The number of nitrogens with zero attached hydrogens (tertiary/aromatic N) is 3. The zero-order chi connectivity index (χ0) is 21.1. The summed E-state index contributed by atoms with van der Waals surface area (Å²) in [4.78, 5) is 11.1. The lowest BCUT2D eigenvalue weighted by Crippen LogP contribution is -2.20. The van der Waals surface area contributed by atoms with Crippen molar-refractivity contribution in [2.24, 2.45) is 0 Å². The highest BCUT2D eigenvalue weighted by Crippen LogP contribution is 2.41. The fraction of sp³-hybridized carbons (Fsp3) is 0.200. The Bertz CT molecular complexity index is 1040. The average Bonchev–Trinajstić information content (AvgIpc) is 2.87. The number of esters is 1. The molecule has 0 spiro atoms. The minimum atomic E-state index is -0.929.